The van der Waals surface area contributed by atoms with Gasteiger partial charge in [0.25, 0.3) is 0 Å². The van der Waals surface area contributed by atoms with Crippen molar-refractivity contribution in [3.05, 3.63) is 33.4 Å². The lowest BCUT2D eigenvalue weighted by atomic mass is 10.2. The number of aromatic nitrogens is 2. The Balaban J connectivity index is 2.38. The van der Waals surface area contributed by atoms with Crippen LogP contribution in [0.2, 0.25) is 0 Å². The van der Waals surface area contributed by atoms with Crippen LogP contribution < -0.4 is 0 Å². The molecule has 0 atom stereocenters. The fourth-order valence-corrected chi connectivity index (χ4v) is 2.95. The van der Waals surface area contributed by atoms with E-state index < -0.39 is 0 Å². The third-order valence-corrected chi connectivity index (χ3v) is 4.11. The van der Waals surface area contributed by atoms with Gasteiger partial charge in [-0.25, -0.2) is 14.8 Å². The Morgan fingerprint density at radius 1 is 1.42 bits per heavy atom. The lowest BCUT2D eigenvalue weighted by Gasteiger charge is -2.07. The number of thiophene rings is 1. The van der Waals surface area contributed by atoms with E-state index in [1.807, 2.05) is 19.1 Å². The van der Waals surface area contributed by atoms with Crippen molar-refractivity contribution < 1.29 is 9.53 Å². The first kappa shape index (κ1) is 14.1. The van der Waals surface area contributed by atoms with Gasteiger partial charge in [0, 0.05) is 6.20 Å². The number of ether oxygens (including phenoxy) is 1. The van der Waals surface area contributed by atoms with Gasteiger partial charge in [-0.1, -0.05) is 6.92 Å². The van der Waals surface area contributed by atoms with Crippen molar-refractivity contribution in [3.63, 3.8) is 0 Å². The largest absolute Gasteiger partial charge is 0.462 e. The van der Waals surface area contributed by atoms with Crippen LogP contribution in [0.4, 0.5) is 0 Å². The first-order valence-corrected chi connectivity index (χ1v) is 7.55. The highest BCUT2D eigenvalue weighted by Gasteiger charge is 2.15. The molecule has 2 heterocycles. The molecule has 0 aliphatic rings. The molecule has 0 saturated carbocycles. The van der Waals surface area contributed by atoms with Crippen LogP contribution in [-0.4, -0.2) is 22.5 Å². The van der Waals surface area contributed by atoms with Crippen molar-refractivity contribution in [1.29, 1.82) is 0 Å². The second-order valence-corrected chi connectivity index (χ2v) is 6.19. The third-order valence-electron chi connectivity index (χ3n) is 2.49. The zero-order chi connectivity index (χ0) is 13.8. The van der Waals surface area contributed by atoms with Crippen molar-refractivity contribution in [3.8, 4) is 10.7 Å². The molecule has 2 aromatic heterocycles. The zero-order valence-corrected chi connectivity index (χ0v) is 13.0. The van der Waals surface area contributed by atoms with Crippen LogP contribution in [0.5, 0.6) is 0 Å². The lowest BCUT2D eigenvalue weighted by molar-refractivity contribution is 0.0524. The molecule has 0 aliphatic carbocycles. The summed E-state index contributed by atoms with van der Waals surface area (Å²) in [5.74, 6) is 0.277. The zero-order valence-electron chi connectivity index (χ0n) is 10.6. The summed E-state index contributed by atoms with van der Waals surface area (Å²) in [6, 6.07) is 3.90. The van der Waals surface area contributed by atoms with E-state index in [0.29, 0.717) is 30.1 Å². The van der Waals surface area contributed by atoms with Crippen molar-refractivity contribution in [2.75, 3.05) is 6.61 Å². The SMILES string of the molecule is CCOC(=O)c1cnc(-c2ccc(Br)s2)nc1CC. The molecule has 4 nitrogen and oxygen atoms in total. The number of carbonyl (C=O) groups excluding carboxylic acids is 1. The summed E-state index contributed by atoms with van der Waals surface area (Å²) in [7, 11) is 0. The van der Waals surface area contributed by atoms with Gasteiger partial charge < -0.3 is 4.74 Å². The maximum atomic E-state index is 11.8. The summed E-state index contributed by atoms with van der Waals surface area (Å²) in [5.41, 5.74) is 1.16. The summed E-state index contributed by atoms with van der Waals surface area (Å²) in [4.78, 5) is 21.4. The molecule has 0 aromatic carbocycles. The minimum atomic E-state index is -0.363. The van der Waals surface area contributed by atoms with Gasteiger partial charge in [0.2, 0.25) is 0 Å². The van der Waals surface area contributed by atoms with Gasteiger partial charge in [0.1, 0.15) is 0 Å². The molecule has 19 heavy (non-hydrogen) atoms. The fraction of sp³-hybridized carbons (Fsp3) is 0.308. The molecule has 0 aliphatic heterocycles. The second-order valence-electron chi connectivity index (χ2n) is 3.73. The molecular formula is C13H13BrN2O2S. The number of hydrogen-bond acceptors (Lipinski definition) is 5. The number of rotatable bonds is 4. The van der Waals surface area contributed by atoms with Crippen LogP contribution in [0.1, 0.15) is 29.9 Å². The Morgan fingerprint density at radius 2 is 2.21 bits per heavy atom. The minimum Gasteiger partial charge on any atom is -0.462 e. The van der Waals surface area contributed by atoms with E-state index in [4.69, 9.17) is 4.74 Å². The Bertz CT molecular complexity index is 598. The van der Waals surface area contributed by atoms with Gasteiger partial charge in [-0.05, 0) is 41.4 Å². The van der Waals surface area contributed by atoms with E-state index in [2.05, 4.69) is 25.9 Å². The molecule has 2 aromatic rings. The molecule has 0 amide bonds. The van der Waals surface area contributed by atoms with Crippen LogP contribution in [-0.2, 0) is 11.2 Å². The minimum absolute atomic E-state index is 0.349. The highest BCUT2D eigenvalue weighted by atomic mass is 79.9. The molecule has 0 unspecified atom stereocenters. The Morgan fingerprint density at radius 3 is 2.79 bits per heavy atom. The molecule has 6 heteroatoms. The number of esters is 1. The Kier molecular flexibility index (Phi) is 4.66. The van der Waals surface area contributed by atoms with Crippen molar-refractivity contribution in [2.45, 2.75) is 20.3 Å². The van der Waals surface area contributed by atoms with Gasteiger partial charge in [-0.2, -0.15) is 0 Å². The van der Waals surface area contributed by atoms with Gasteiger partial charge in [0.05, 0.1) is 26.5 Å². The molecular weight excluding hydrogens is 328 g/mol. The van der Waals surface area contributed by atoms with Crippen molar-refractivity contribution >= 4 is 33.2 Å². The summed E-state index contributed by atoms with van der Waals surface area (Å²) in [6.07, 6.45) is 2.21. The van der Waals surface area contributed by atoms with E-state index in [-0.39, 0.29) is 5.97 Å². The van der Waals surface area contributed by atoms with Crippen LogP contribution >= 0.6 is 27.3 Å². The fourth-order valence-electron chi connectivity index (χ4n) is 1.62. The van der Waals surface area contributed by atoms with Crippen LogP contribution in [0.3, 0.4) is 0 Å². The molecule has 100 valence electrons. The highest BCUT2D eigenvalue weighted by Crippen LogP contribution is 2.29. The maximum absolute atomic E-state index is 11.8. The van der Waals surface area contributed by atoms with E-state index in [9.17, 15) is 4.79 Å². The van der Waals surface area contributed by atoms with Crippen molar-refractivity contribution in [2.24, 2.45) is 0 Å². The van der Waals surface area contributed by atoms with E-state index in [1.165, 1.54) is 0 Å². The molecule has 2 rings (SSSR count). The average Bonchev–Trinajstić information content (AvgIpc) is 2.85. The van der Waals surface area contributed by atoms with Gasteiger partial charge >= 0.3 is 5.97 Å². The quantitative estimate of drug-likeness (QED) is 0.796. The lowest BCUT2D eigenvalue weighted by Crippen LogP contribution is -2.10. The predicted octanol–water partition coefficient (Wildman–Crippen LogP) is 3.71. The third kappa shape index (κ3) is 3.19. The van der Waals surface area contributed by atoms with E-state index in [1.54, 1.807) is 24.5 Å². The Hall–Kier alpha value is -1.27. The van der Waals surface area contributed by atoms with Crippen LogP contribution in [0.15, 0.2) is 22.1 Å². The standard InChI is InChI=1S/C13H13BrN2O2S/c1-3-9-8(13(17)18-4-2)7-15-12(16-9)10-5-6-11(14)19-10/h5-7H,3-4H2,1-2H3. The predicted molar refractivity (Wildman–Crippen MR) is 78.4 cm³/mol. The Labute approximate surface area is 124 Å². The summed E-state index contributed by atoms with van der Waals surface area (Å²) in [5, 5.41) is 0. The number of halogens is 1. The molecule has 0 N–H and O–H groups in total. The highest BCUT2D eigenvalue weighted by molar-refractivity contribution is 9.11. The summed E-state index contributed by atoms with van der Waals surface area (Å²) >= 11 is 4.97. The van der Waals surface area contributed by atoms with Crippen LogP contribution in [0.25, 0.3) is 10.7 Å². The number of aryl methyl sites for hydroxylation is 1. The summed E-state index contributed by atoms with van der Waals surface area (Å²) in [6.45, 7) is 4.09. The van der Waals surface area contributed by atoms with E-state index in [0.717, 1.165) is 8.66 Å². The van der Waals surface area contributed by atoms with Gasteiger partial charge in [-0.3, -0.25) is 0 Å². The smallest absolute Gasteiger partial charge is 0.341 e. The molecule has 0 spiro atoms. The maximum Gasteiger partial charge on any atom is 0.341 e. The average molecular weight is 341 g/mol. The first-order valence-electron chi connectivity index (χ1n) is 5.94. The topological polar surface area (TPSA) is 52.1 Å². The van der Waals surface area contributed by atoms with Gasteiger partial charge in [-0.15, -0.1) is 11.3 Å². The first-order chi connectivity index (χ1) is 9.15. The van der Waals surface area contributed by atoms with Crippen LogP contribution in [0, 0.1) is 0 Å². The number of carbonyl (C=O) groups is 1. The monoisotopic (exact) mass is 340 g/mol. The van der Waals surface area contributed by atoms with Gasteiger partial charge in [0.15, 0.2) is 5.82 Å². The normalized spacial score (nSPS) is 10.5. The van der Waals surface area contributed by atoms with Crippen molar-refractivity contribution in [1.82, 2.24) is 9.97 Å². The summed E-state index contributed by atoms with van der Waals surface area (Å²) < 4.78 is 6.02. The number of nitrogens with zero attached hydrogens (tertiary/aromatic N) is 2. The molecule has 0 fully saturated rings. The molecule has 0 radical (unpaired) electrons. The molecule has 0 saturated heterocycles. The molecule has 0 bridgehead atoms. The van der Waals surface area contributed by atoms with E-state index >= 15 is 0 Å². The number of hydrogen-bond donors (Lipinski definition) is 0. The second kappa shape index (κ2) is 6.25.